The summed E-state index contributed by atoms with van der Waals surface area (Å²) in [7, 11) is 0. The number of hydrogen-bond donors (Lipinski definition) is 0. The summed E-state index contributed by atoms with van der Waals surface area (Å²) in [6, 6.07) is 36.9. The molecule has 0 saturated heterocycles. The van der Waals surface area contributed by atoms with Crippen LogP contribution in [-0.2, 0) is 0 Å². The lowest BCUT2D eigenvalue weighted by Gasteiger charge is -2.11. The van der Waals surface area contributed by atoms with Gasteiger partial charge < -0.3 is 4.57 Å². The lowest BCUT2D eigenvalue weighted by atomic mass is 9.95. The zero-order chi connectivity index (χ0) is 20.4. The van der Waals surface area contributed by atoms with Crippen molar-refractivity contribution in [1.29, 1.82) is 0 Å². The lowest BCUT2D eigenvalue weighted by molar-refractivity contribution is 1.18. The molecule has 7 rings (SSSR count). The van der Waals surface area contributed by atoms with E-state index in [0.29, 0.717) is 0 Å². The summed E-state index contributed by atoms with van der Waals surface area (Å²) >= 11 is 0. The van der Waals surface area contributed by atoms with Crippen molar-refractivity contribution in [1.82, 2.24) is 9.55 Å². The maximum Gasteiger partial charge on any atom is 0.0786 e. The number of fused-ring (bicyclic) bond motifs is 9. The maximum absolute atomic E-state index is 4.76. The average Bonchev–Trinajstić information content (AvgIpc) is 3.17. The Morgan fingerprint density at radius 1 is 0.452 bits per heavy atom. The fourth-order valence-electron chi connectivity index (χ4n) is 5.08. The number of para-hydroxylation sites is 2. The van der Waals surface area contributed by atoms with Gasteiger partial charge in [-0.1, -0.05) is 66.7 Å². The van der Waals surface area contributed by atoms with Crippen LogP contribution in [0.15, 0.2) is 109 Å². The van der Waals surface area contributed by atoms with Crippen molar-refractivity contribution in [2.24, 2.45) is 0 Å². The maximum atomic E-state index is 4.76. The van der Waals surface area contributed by atoms with E-state index in [1.807, 2.05) is 12.3 Å². The predicted molar refractivity (Wildman–Crippen MR) is 131 cm³/mol. The molecule has 0 unspecified atom stereocenters. The second kappa shape index (κ2) is 6.16. The van der Waals surface area contributed by atoms with Crippen LogP contribution in [-0.4, -0.2) is 9.55 Å². The van der Waals surface area contributed by atoms with Crippen LogP contribution in [0.4, 0.5) is 0 Å². The van der Waals surface area contributed by atoms with Crippen LogP contribution in [0.25, 0.3) is 59.9 Å². The van der Waals surface area contributed by atoms with Crippen molar-refractivity contribution in [2.45, 2.75) is 0 Å². The average molecular weight is 394 g/mol. The number of aromatic nitrogens is 2. The monoisotopic (exact) mass is 394 g/mol. The molecule has 2 aromatic heterocycles. The lowest BCUT2D eigenvalue weighted by Crippen LogP contribution is -1.93. The Morgan fingerprint density at radius 2 is 1.10 bits per heavy atom. The Hall–Kier alpha value is -4.17. The number of hydrogen-bond acceptors (Lipinski definition) is 1. The molecule has 0 atom stereocenters. The van der Waals surface area contributed by atoms with Gasteiger partial charge in [-0.25, -0.2) is 0 Å². The van der Waals surface area contributed by atoms with E-state index in [2.05, 4.69) is 102 Å². The summed E-state index contributed by atoms with van der Waals surface area (Å²) in [6.45, 7) is 0. The first kappa shape index (κ1) is 16.6. The number of benzene rings is 5. The van der Waals surface area contributed by atoms with Crippen LogP contribution in [0, 0.1) is 0 Å². The van der Waals surface area contributed by atoms with Crippen LogP contribution < -0.4 is 0 Å². The minimum Gasteiger partial charge on any atom is -0.309 e. The van der Waals surface area contributed by atoms with Crippen molar-refractivity contribution in [3.05, 3.63) is 109 Å². The molecule has 2 heteroatoms. The fraction of sp³-hybridized carbons (Fsp3) is 0. The van der Waals surface area contributed by atoms with Gasteiger partial charge in [-0.3, -0.25) is 4.98 Å². The Bertz CT molecular complexity index is 1780. The highest BCUT2D eigenvalue weighted by Crippen LogP contribution is 2.40. The molecule has 7 aromatic rings. The van der Waals surface area contributed by atoms with Gasteiger partial charge in [-0.15, -0.1) is 0 Å². The van der Waals surface area contributed by atoms with Crippen molar-refractivity contribution < 1.29 is 0 Å². The fourth-order valence-corrected chi connectivity index (χ4v) is 5.08. The zero-order valence-corrected chi connectivity index (χ0v) is 16.8. The number of rotatable bonds is 1. The highest BCUT2D eigenvalue weighted by atomic mass is 15.0. The molecule has 2 nitrogen and oxygen atoms in total. The van der Waals surface area contributed by atoms with Gasteiger partial charge in [0.05, 0.1) is 16.6 Å². The van der Waals surface area contributed by atoms with E-state index >= 15 is 0 Å². The zero-order valence-electron chi connectivity index (χ0n) is 16.8. The summed E-state index contributed by atoms with van der Waals surface area (Å²) in [4.78, 5) is 4.76. The van der Waals surface area contributed by atoms with Gasteiger partial charge in [0.15, 0.2) is 0 Å². The molecule has 5 aromatic carbocycles. The van der Waals surface area contributed by atoms with E-state index in [1.165, 1.54) is 54.4 Å². The van der Waals surface area contributed by atoms with Gasteiger partial charge in [0.25, 0.3) is 0 Å². The Morgan fingerprint density at radius 3 is 1.97 bits per heavy atom. The summed E-state index contributed by atoms with van der Waals surface area (Å²) in [6.07, 6.45) is 1.89. The third kappa shape index (κ3) is 2.25. The molecule has 0 saturated carbocycles. The van der Waals surface area contributed by atoms with E-state index in [9.17, 15) is 0 Å². The van der Waals surface area contributed by atoms with Crippen molar-refractivity contribution in [3.8, 4) is 5.69 Å². The van der Waals surface area contributed by atoms with Gasteiger partial charge in [0.1, 0.15) is 0 Å². The molecule has 0 aliphatic heterocycles. The predicted octanol–water partition coefficient (Wildman–Crippen LogP) is 7.64. The summed E-state index contributed by atoms with van der Waals surface area (Å²) < 4.78 is 2.38. The van der Waals surface area contributed by atoms with Crippen molar-refractivity contribution in [3.63, 3.8) is 0 Å². The van der Waals surface area contributed by atoms with Crippen LogP contribution in [0.3, 0.4) is 0 Å². The Kier molecular flexibility index (Phi) is 3.30. The van der Waals surface area contributed by atoms with Crippen LogP contribution in [0.5, 0.6) is 0 Å². The minimum absolute atomic E-state index is 1.06. The van der Waals surface area contributed by atoms with Gasteiger partial charge in [-0.2, -0.15) is 0 Å². The molecular formula is C29H18N2. The smallest absolute Gasteiger partial charge is 0.0786 e. The third-order valence-electron chi connectivity index (χ3n) is 6.40. The second-order valence-electron chi connectivity index (χ2n) is 8.05. The van der Waals surface area contributed by atoms with E-state index in [1.54, 1.807) is 0 Å². The molecule has 0 radical (unpaired) electrons. The molecule has 0 N–H and O–H groups in total. The molecule has 144 valence electrons. The van der Waals surface area contributed by atoms with Gasteiger partial charge >= 0.3 is 0 Å². The minimum atomic E-state index is 1.06. The van der Waals surface area contributed by atoms with Gasteiger partial charge in [0, 0.05) is 33.4 Å². The number of nitrogens with zero attached hydrogens (tertiary/aromatic N) is 2. The molecule has 0 aliphatic carbocycles. The van der Waals surface area contributed by atoms with E-state index < -0.39 is 0 Å². The van der Waals surface area contributed by atoms with Crippen LogP contribution in [0.1, 0.15) is 0 Å². The van der Waals surface area contributed by atoms with Crippen LogP contribution in [0.2, 0.25) is 0 Å². The summed E-state index contributed by atoms with van der Waals surface area (Å²) in [5.41, 5.74) is 4.69. The largest absolute Gasteiger partial charge is 0.309 e. The van der Waals surface area contributed by atoms with E-state index in [0.717, 1.165) is 5.52 Å². The van der Waals surface area contributed by atoms with Crippen LogP contribution >= 0.6 is 0 Å². The van der Waals surface area contributed by atoms with Crippen molar-refractivity contribution >= 4 is 54.3 Å². The topological polar surface area (TPSA) is 17.8 Å². The highest BCUT2D eigenvalue weighted by molar-refractivity contribution is 6.27. The normalized spacial score (nSPS) is 11.9. The molecular weight excluding hydrogens is 376 g/mol. The molecule has 0 aliphatic rings. The SMILES string of the molecule is c1ccc(-n2c3ccccc3c3cc4c5ccccc5c5ncccc5c4cc32)cc1. The quantitative estimate of drug-likeness (QED) is 0.262. The summed E-state index contributed by atoms with van der Waals surface area (Å²) in [5, 5.41) is 8.73. The van der Waals surface area contributed by atoms with Gasteiger partial charge in [-0.05, 0) is 52.6 Å². The molecule has 0 spiro atoms. The Labute approximate surface area is 179 Å². The van der Waals surface area contributed by atoms with Gasteiger partial charge in [0.2, 0.25) is 0 Å². The summed E-state index contributed by atoms with van der Waals surface area (Å²) in [5.74, 6) is 0. The molecule has 0 fully saturated rings. The molecule has 0 amide bonds. The first-order valence-corrected chi connectivity index (χ1v) is 10.6. The molecule has 2 heterocycles. The first-order chi connectivity index (χ1) is 15.4. The Balaban J connectivity index is 1.78. The molecule has 0 bridgehead atoms. The standard InChI is InChI=1S/C29H18N2/c1-2-9-19(10-3-1)31-27-15-7-6-12-21(27)26-17-24-20-11-4-5-13-22(20)29-23(14-8-16-30-29)25(24)18-28(26)31/h1-18H. The molecule has 31 heavy (non-hydrogen) atoms. The first-order valence-electron chi connectivity index (χ1n) is 10.6. The highest BCUT2D eigenvalue weighted by Gasteiger charge is 2.16. The number of pyridine rings is 1. The van der Waals surface area contributed by atoms with Crippen molar-refractivity contribution in [2.75, 3.05) is 0 Å². The third-order valence-corrected chi connectivity index (χ3v) is 6.40. The van der Waals surface area contributed by atoms with E-state index in [-0.39, 0.29) is 0 Å². The van der Waals surface area contributed by atoms with E-state index in [4.69, 9.17) is 4.98 Å². The second-order valence-corrected chi connectivity index (χ2v) is 8.05.